The minimum Gasteiger partial charge on any atom is -0.390 e. The second-order valence-electron chi connectivity index (χ2n) is 5.30. The summed E-state index contributed by atoms with van der Waals surface area (Å²) < 4.78 is 22.6. The van der Waals surface area contributed by atoms with Crippen LogP contribution in [0.15, 0.2) is 30.3 Å². The van der Waals surface area contributed by atoms with Crippen LogP contribution in [0.25, 0.3) is 0 Å². The molecule has 2 saturated heterocycles. The number of hydrogen-bond acceptors (Lipinski definition) is 5. The van der Waals surface area contributed by atoms with Crippen LogP contribution in [0.1, 0.15) is 18.8 Å². The Morgan fingerprint density at radius 1 is 1.20 bits per heavy atom. The van der Waals surface area contributed by atoms with Gasteiger partial charge in [-0.2, -0.15) is 0 Å². The molecule has 1 aromatic rings. The van der Waals surface area contributed by atoms with E-state index in [4.69, 9.17) is 18.9 Å². The minimum absolute atomic E-state index is 0.143. The summed E-state index contributed by atoms with van der Waals surface area (Å²) in [6.45, 7) is 2.28. The van der Waals surface area contributed by atoms with E-state index in [0.29, 0.717) is 6.61 Å². The molecular weight excluding hydrogens is 260 g/mol. The van der Waals surface area contributed by atoms with E-state index >= 15 is 0 Å². The molecule has 20 heavy (non-hydrogen) atoms. The predicted octanol–water partition coefficient (Wildman–Crippen LogP) is 1.47. The van der Waals surface area contributed by atoms with Gasteiger partial charge in [-0.25, -0.2) is 0 Å². The van der Waals surface area contributed by atoms with Gasteiger partial charge in [0.15, 0.2) is 12.6 Å². The van der Waals surface area contributed by atoms with Crippen LogP contribution in [0.2, 0.25) is 0 Å². The lowest BCUT2D eigenvalue weighted by atomic mass is 9.91. The smallest absolute Gasteiger partial charge is 0.184 e. The molecule has 2 heterocycles. The lowest BCUT2D eigenvalue weighted by Gasteiger charge is -2.46. The van der Waals surface area contributed by atoms with Gasteiger partial charge in [-0.15, -0.1) is 0 Å². The highest BCUT2D eigenvalue weighted by Gasteiger charge is 2.47. The van der Waals surface area contributed by atoms with E-state index in [2.05, 4.69) is 0 Å². The van der Waals surface area contributed by atoms with Crippen molar-refractivity contribution < 1.29 is 24.1 Å². The van der Waals surface area contributed by atoms with Crippen LogP contribution in [0.5, 0.6) is 0 Å². The van der Waals surface area contributed by atoms with Crippen LogP contribution in [0.4, 0.5) is 0 Å². The molecule has 110 valence electrons. The first-order valence-electron chi connectivity index (χ1n) is 6.89. The summed E-state index contributed by atoms with van der Waals surface area (Å²) in [7, 11) is 1.57. The molecule has 2 aliphatic rings. The molecule has 0 amide bonds. The van der Waals surface area contributed by atoms with Gasteiger partial charge in [0.2, 0.25) is 0 Å². The Bertz CT molecular complexity index is 435. The third kappa shape index (κ3) is 2.47. The van der Waals surface area contributed by atoms with E-state index in [1.807, 2.05) is 37.3 Å². The summed E-state index contributed by atoms with van der Waals surface area (Å²) in [6, 6.07) is 9.71. The molecule has 2 aliphatic heterocycles. The first-order valence-corrected chi connectivity index (χ1v) is 6.89. The van der Waals surface area contributed by atoms with Gasteiger partial charge in [-0.1, -0.05) is 37.3 Å². The number of rotatable bonds is 2. The lowest BCUT2D eigenvalue weighted by molar-refractivity contribution is -0.348. The summed E-state index contributed by atoms with van der Waals surface area (Å²) in [5, 5.41) is 10.4. The van der Waals surface area contributed by atoms with E-state index in [9.17, 15) is 5.11 Å². The van der Waals surface area contributed by atoms with Crippen molar-refractivity contribution in [2.45, 2.75) is 37.8 Å². The first-order chi connectivity index (χ1) is 9.70. The van der Waals surface area contributed by atoms with E-state index in [0.717, 1.165) is 5.56 Å². The van der Waals surface area contributed by atoms with Crippen molar-refractivity contribution in [1.29, 1.82) is 0 Å². The third-order valence-electron chi connectivity index (χ3n) is 3.98. The Labute approximate surface area is 118 Å². The van der Waals surface area contributed by atoms with Gasteiger partial charge < -0.3 is 24.1 Å². The van der Waals surface area contributed by atoms with E-state index in [1.165, 1.54) is 0 Å². The molecule has 0 aliphatic carbocycles. The van der Waals surface area contributed by atoms with Crippen LogP contribution in [-0.2, 0) is 18.9 Å². The standard InChI is InChI=1S/C15H20O5/c1-9-12(16)13-11(19-14(9)17-2)8-18-15(20-13)10-6-4-3-5-7-10/h3-7,9,11-16H,8H2,1-2H3/t9-,11+,12-,13+,14-,15?/m0/s1. The van der Waals surface area contributed by atoms with Gasteiger partial charge in [-0.3, -0.25) is 0 Å². The maximum absolute atomic E-state index is 10.4. The highest BCUT2D eigenvalue weighted by Crippen LogP contribution is 2.36. The van der Waals surface area contributed by atoms with Crippen molar-refractivity contribution in [3.05, 3.63) is 35.9 Å². The summed E-state index contributed by atoms with van der Waals surface area (Å²) in [4.78, 5) is 0. The quantitative estimate of drug-likeness (QED) is 0.889. The zero-order chi connectivity index (χ0) is 14.1. The number of ether oxygens (including phenoxy) is 4. The van der Waals surface area contributed by atoms with Gasteiger partial charge in [0.05, 0.1) is 12.7 Å². The third-order valence-corrected chi connectivity index (χ3v) is 3.98. The van der Waals surface area contributed by atoms with Crippen LogP contribution in [-0.4, -0.2) is 43.4 Å². The van der Waals surface area contributed by atoms with Crippen molar-refractivity contribution >= 4 is 0 Å². The molecule has 6 atom stereocenters. The fourth-order valence-electron chi connectivity index (χ4n) is 2.78. The average Bonchev–Trinajstić information content (AvgIpc) is 2.51. The number of fused-ring (bicyclic) bond motifs is 1. The molecule has 1 N–H and O–H groups in total. The SMILES string of the molecule is CO[C@H]1O[C@@H]2COC(c3ccccc3)O[C@H]2[C@@H](O)[C@@H]1C. The predicted molar refractivity (Wildman–Crippen MR) is 70.8 cm³/mol. The zero-order valence-electron chi connectivity index (χ0n) is 11.6. The first kappa shape index (κ1) is 14.0. The monoisotopic (exact) mass is 280 g/mol. The number of methoxy groups -OCH3 is 1. The van der Waals surface area contributed by atoms with E-state index in [-0.39, 0.29) is 12.0 Å². The van der Waals surface area contributed by atoms with E-state index < -0.39 is 24.8 Å². The topological polar surface area (TPSA) is 57.2 Å². The Morgan fingerprint density at radius 2 is 1.95 bits per heavy atom. The Balaban J connectivity index is 1.74. The summed E-state index contributed by atoms with van der Waals surface area (Å²) in [6.07, 6.45) is -2.20. The molecule has 0 bridgehead atoms. The molecule has 0 spiro atoms. The second-order valence-corrected chi connectivity index (χ2v) is 5.30. The van der Waals surface area contributed by atoms with Crippen molar-refractivity contribution in [2.24, 2.45) is 5.92 Å². The Kier molecular flexibility index (Phi) is 4.05. The molecule has 5 nitrogen and oxygen atoms in total. The van der Waals surface area contributed by atoms with Crippen molar-refractivity contribution in [2.75, 3.05) is 13.7 Å². The minimum atomic E-state index is -0.631. The maximum Gasteiger partial charge on any atom is 0.184 e. The van der Waals surface area contributed by atoms with Crippen LogP contribution < -0.4 is 0 Å². The molecule has 1 aromatic carbocycles. The molecule has 2 fully saturated rings. The van der Waals surface area contributed by atoms with Gasteiger partial charge in [0.25, 0.3) is 0 Å². The normalized spacial score (nSPS) is 41.1. The molecular formula is C15H20O5. The summed E-state index contributed by atoms with van der Waals surface area (Å²) in [5.74, 6) is -0.143. The Hall–Kier alpha value is -0.980. The number of benzene rings is 1. The number of aliphatic hydroxyl groups is 1. The van der Waals surface area contributed by atoms with Gasteiger partial charge in [0, 0.05) is 18.6 Å². The summed E-state index contributed by atoms with van der Waals surface area (Å²) in [5.41, 5.74) is 0.944. The highest BCUT2D eigenvalue weighted by atomic mass is 16.7. The van der Waals surface area contributed by atoms with Crippen molar-refractivity contribution in [1.82, 2.24) is 0 Å². The van der Waals surface area contributed by atoms with Gasteiger partial charge in [0.1, 0.15) is 12.2 Å². The number of aliphatic hydroxyl groups excluding tert-OH is 1. The van der Waals surface area contributed by atoms with Gasteiger partial charge >= 0.3 is 0 Å². The zero-order valence-corrected chi connectivity index (χ0v) is 11.6. The molecule has 5 heteroatoms. The summed E-state index contributed by atoms with van der Waals surface area (Å²) >= 11 is 0. The lowest BCUT2D eigenvalue weighted by Crippen LogP contribution is -2.58. The fourth-order valence-corrected chi connectivity index (χ4v) is 2.78. The molecule has 0 aromatic heterocycles. The fraction of sp³-hybridized carbons (Fsp3) is 0.600. The van der Waals surface area contributed by atoms with Crippen molar-refractivity contribution in [3.8, 4) is 0 Å². The van der Waals surface area contributed by atoms with Crippen molar-refractivity contribution in [3.63, 3.8) is 0 Å². The van der Waals surface area contributed by atoms with E-state index in [1.54, 1.807) is 7.11 Å². The van der Waals surface area contributed by atoms with Crippen LogP contribution in [0, 0.1) is 5.92 Å². The average molecular weight is 280 g/mol. The molecule has 3 rings (SSSR count). The van der Waals surface area contributed by atoms with Crippen LogP contribution >= 0.6 is 0 Å². The second kappa shape index (κ2) is 5.79. The highest BCUT2D eigenvalue weighted by molar-refractivity contribution is 5.16. The molecule has 0 saturated carbocycles. The number of hydrogen-bond donors (Lipinski definition) is 1. The van der Waals surface area contributed by atoms with Crippen LogP contribution in [0.3, 0.4) is 0 Å². The maximum atomic E-state index is 10.4. The largest absolute Gasteiger partial charge is 0.390 e. The molecule has 0 radical (unpaired) electrons. The molecule has 1 unspecified atom stereocenters. The Morgan fingerprint density at radius 3 is 2.65 bits per heavy atom. The van der Waals surface area contributed by atoms with Gasteiger partial charge in [-0.05, 0) is 0 Å².